The van der Waals surface area contributed by atoms with Crippen LogP contribution >= 0.6 is 0 Å². The third-order valence-electron chi connectivity index (χ3n) is 9.60. The molecule has 0 fully saturated rings. The number of carbonyl (C=O) groups excluding carboxylic acids is 1. The van der Waals surface area contributed by atoms with Crippen molar-refractivity contribution in [2.45, 2.75) is 25.6 Å². The Morgan fingerprint density at radius 3 is 1.50 bits per heavy atom. The van der Waals surface area contributed by atoms with Gasteiger partial charge in [-0.15, -0.1) is 0 Å². The lowest BCUT2D eigenvalue weighted by atomic mass is 9.70. The Morgan fingerprint density at radius 2 is 1.04 bits per heavy atom. The van der Waals surface area contributed by atoms with Crippen molar-refractivity contribution in [2.24, 2.45) is 0 Å². The van der Waals surface area contributed by atoms with Crippen LogP contribution in [0.15, 0.2) is 127 Å². The van der Waals surface area contributed by atoms with Crippen LogP contribution in [0.3, 0.4) is 0 Å². The Kier molecular flexibility index (Phi) is 7.45. The second-order valence-electron chi connectivity index (χ2n) is 13.4. The molecular formula is C45H34N4O3. The number of ether oxygens (including phenoxy) is 1. The first-order valence-electron chi connectivity index (χ1n) is 17.4. The molecule has 8 bridgehead atoms. The zero-order valence-corrected chi connectivity index (χ0v) is 28.6. The van der Waals surface area contributed by atoms with Crippen molar-refractivity contribution in [1.82, 2.24) is 19.9 Å². The van der Waals surface area contributed by atoms with Crippen LogP contribution < -0.4 is 0 Å². The second kappa shape index (κ2) is 12.3. The molecule has 0 saturated carbocycles. The van der Waals surface area contributed by atoms with Crippen LogP contribution in [0.2, 0.25) is 0 Å². The van der Waals surface area contributed by atoms with Crippen LogP contribution in [0.4, 0.5) is 0 Å². The number of H-pyrrole nitrogens is 2. The zero-order valence-electron chi connectivity index (χ0n) is 28.6. The number of Topliss-reactive ketones (excluding diaryl/α,β-unsaturated/α-hetero) is 1. The molecule has 1 unspecified atom stereocenters. The van der Waals surface area contributed by atoms with E-state index in [1.807, 2.05) is 80.6 Å². The summed E-state index contributed by atoms with van der Waals surface area (Å²) in [7, 11) is 0. The van der Waals surface area contributed by atoms with Crippen molar-refractivity contribution in [2.75, 3.05) is 0 Å². The minimum atomic E-state index is -1.95. The highest BCUT2D eigenvalue weighted by atomic mass is 16.5. The topological polar surface area (TPSA) is 104 Å². The van der Waals surface area contributed by atoms with Crippen molar-refractivity contribution in [1.29, 1.82) is 0 Å². The molecule has 0 amide bonds. The molecule has 6 aromatic rings. The van der Waals surface area contributed by atoms with Gasteiger partial charge >= 0.3 is 0 Å². The normalized spacial score (nSPS) is 16.4. The Hall–Kier alpha value is -6.57. The maximum atomic E-state index is 14.5. The van der Waals surface area contributed by atoms with Crippen molar-refractivity contribution in [3.8, 4) is 22.3 Å². The smallest absolute Gasteiger partial charge is 0.211 e. The molecule has 0 radical (unpaired) electrons. The number of aromatic nitrogens is 4. The van der Waals surface area contributed by atoms with Gasteiger partial charge in [0.1, 0.15) is 0 Å². The van der Waals surface area contributed by atoms with Gasteiger partial charge in [0.25, 0.3) is 0 Å². The van der Waals surface area contributed by atoms with Crippen LogP contribution in [0.1, 0.15) is 47.8 Å². The molecule has 52 heavy (non-hydrogen) atoms. The fourth-order valence-electron chi connectivity index (χ4n) is 7.27. The Morgan fingerprint density at radius 1 is 0.596 bits per heavy atom. The highest BCUT2D eigenvalue weighted by Crippen LogP contribution is 2.50. The van der Waals surface area contributed by atoms with E-state index in [4.69, 9.17) is 14.7 Å². The molecular weight excluding hydrogens is 645 g/mol. The van der Waals surface area contributed by atoms with Crippen molar-refractivity contribution in [3.05, 3.63) is 161 Å². The Balaban J connectivity index is 1.44. The van der Waals surface area contributed by atoms with Gasteiger partial charge in [-0.25, -0.2) is 9.97 Å². The van der Waals surface area contributed by atoms with Gasteiger partial charge < -0.3 is 19.8 Å². The molecule has 0 saturated heterocycles. The number of carbonyl (C=O) groups is 1. The van der Waals surface area contributed by atoms with Crippen molar-refractivity contribution < 1.29 is 14.6 Å². The molecule has 3 aromatic heterocycles. The van der Waals surface area contributed by atoms with Gasteiger partial charge in [0.2, 0.25) is 11.4 Å². The lowest BCUT2D eigenvalue weighted by molar-refractivity contribution is -0.138. The summed E-state index contributed by atoms with van der Waals surface area (Å²) in [5.74, 6) is -0.277. The number of hydrogen-bond donors (Lipinski definition) is 3. The number of hydrogen-bond acceptors (Lipinski definition) is 5. The predicted molar refractivity (Wildman–Crippen MR) is 208 cm³/mol. The van der Waals surface area contributed by atoms with Crippen LogP contribution in [0, 0.1) is 0 Å². The minimum Gasteiger partial charge on any atom is -0.491 e. The van der Waals surface area contributed by atoms with Gasteiger partial charge in [-0.05, 0) is 85.2 Å². The molecule has 252 valence electrons. The van der Waals surface area contributed by atoms with Crippen LogP contribution in [-0.4, -0.2) is 36.9 Å². The molecule has 3 aromatic carbocycles. The van der Waals surface area contributed by atoms with Gasteiger partial charge in [0.15, 0.2) is 5.76 Å². The molecule has 3 N–H and O–H groups in total. The predicted octanol–water partition coefficient (Wildman–Crippen LogP) is 9.60. The SMILES string of the molecule is CC(C)OC1=C(c2c3nc(c(-c4ccccc4)c4ccc(cc5ccc([nH]5)c(-c5ccccc5)c5nc2C=C5)[nH]4)C=C3)C(=O)C1(O)c1ccccc1. The van der Waals surface area contributed by atoms with Gasteiger partial charge in [0.05, 0.1) is 34.5 Å². The highest BCUT2D eigenvalue weighted by Gasteiger charge is 2.57. The lowest BCUT2D eigenvalue weighted by Crippen LogP contribution is -2.49. The molecule has 5 heterocycles. The standard InChI is InChI=1S/C45H34N4O3/c1-27(2)52-44-42(43(50)45(44,51)30-16-10-5-11-17-30)41-37-24-22-35(48-37)39(28-12-6-3-7-13-28)33-20-18-31(46-33)26-32-19-21-34(47-32)40(29-14-8-4-9-15-29)36-23-25-38(41)49-36/h3-27,46-47,51H,1-2H3. The van der Waals surface area contributed by atoms with E-state index < -0.39 is 11.4 Å². The lowest BCUT2D eigenvalue weighted by Gasteiger charge is -2.40. The zero-order chi connectivity index (χ0) is 35.4. The van der Waals surface area contributed by atoms with Crippen LogP contribution in [0.5, 0.6) is 0 Å². The number of nitrogens with one attached hydrogen (secondary N) is 2. The fourth-order valence-corrected chi connectivity index (χ4v) is 7.27. The van der Waals surface area contributed by atoms with Gasteiger partial charge in [-0.3, -0.25) is 4.79 Å². The number of fused-ring (bicyclic) bond motifs is 8. The highest BCUT2D eigenvalue weighted by molar-refractivity contribution is 6.34. The van der Waals surface area contributed by atoms with E-state index in [9.17, 15) is 9.90 Å². The number of benzene rings is 3. The molecule has 3 aliphatic rings. The molecule has 7 heteroatoms. The van der Waals surface area contributed by atoms with Crippen LogP contribution in [0.25, 0.3) is 74.2 Å². The fraction of sp³-hybridized carbons (Fsp3) is 0.0889. The van der Waals surface area contributed by atoms with Gasteiger partial charge in [-0.1, -0.05) is 91.0 Å². The van der Waals surface area contributed by atoms with E-state index in [-0.39, 0.29) is 17.4 Å². The summed E-state index contributed by atoms with van der Waals surface area (Å²) in [6, 6.07) is 39.5. The summed E-state index contributed by atoms with van der Waals surface area (Å²) >= 11 is 0. The maximum absolute atomic E-state index is 14.5. The number of nitrogens with zero attached hydrogens (tertiary/aromatic N) is 2. The molecule has 1 atom stereocenters. The number of aromatic amines is 2. The van der Waals surface area contributed by atoms with E-state index in [1.54, 1.807) is 24.3 Å². The average molecular weight is 679 g/mol. The van der Waals surface area contributed by atoms with E-state index in [0.717, 1.165) is 55.7 Å². The largest absolute Gasteiger partial charge is 0.491 e. The maximum Gasteiger partial charge on any atom is 0.211 e. The Bertz CT molecular complexity index is 2510. The van der Waals surface area contributed by atoms with E-state index in [0.29, 0.717) is 22.5 Å². The first kappa shape index (κ1) is 31.4. The summed E-state index contributed by atoms with van der Waals surface area (Å²) in [5, 5.41) is 12.1. The number of aliphatic hydroxyl groups is 1. The van der Waals surface area contributed by atoms with E-state index in [2.05, 4.69) is 64.6 Å². The minimum absolute atomic E-state index is 0.190. The molecule has 2 aliphatic heterocycles. The first-order valence-corrected chi connectivity index (χ1v) is 17.4. The summed E-state index contributed by atoms with van der Waals surface area (Å²) in [4.78, 5) is 32.2. The molecule has 0 spiro atoms. The van der Waals surface area contributed by atoms with Crippen LogP contribution in [-0.2, 0) is 15.1 Å². The second-order valence-corrected chi connectivity index (χ2v) is 13.4. The van der Waals surface area contributed by atoms with Gasteiger partial charge in [0, 0.05) is 38.8 Å². The van der Waals surface area contributed by atoms with Gasteiger partial charge in [-0.2, -0.15) is 0 Å². The molecule has 9 rings (SSSR count). The van der Waals surface area contributed by atoms with Crippen molar-refractivity contribution in [3.63, 3.8) is 0 Å². The van der Waals surface area contributed by atoms with E-state index in [1.165, 1.54) is 0 Å². The van der Waals surface area contributed by atoms with E-state index >= 15 is 0 Å². The summed E-state index contributed by atoms with van der Waals surface area (Å²) in [5.41, 5.74) is 9.25. The first-order chi connectivity index (χ1) is 25.4. The summed E-state index contributed by atoms with van der Waals surface area (Å²) < 4.78 is 6.36. The monoisotopic (exact) mass is 678 g/mol. The summed E-state index contributed by atoms with van der Waals surface area (Å²) in [6.07, 6.45) is 7.46. The third-order valence-corrected chi connectivity index (χ3v) is 9.60. The average Bonchev–Trinajstić information content (AvgIpc) is 4.01. The quantitative estimate of drug-likeness (QED) is 0.163. The Labute approximate surface area is 300 Å². The third kappa shape index (κ3) is 5.13. The number of rotatable bonds is 6. The summed E-state index contributed by atoms with van der Waals surface area (Å²) in [6.45, 7) is 3.77. The molecule has 7 nitrogen and oxygen atoms in total. The van der Waals surface area contributed by atoms with Crippen molar-refractivity contribution >= 4 is 57.7 Å². The molecule has 1 aliphatic carbocycles. The number of ketones is 1.